The van der Waals surface area contributed by atoms with Gasteiger partial charge in [-0.25, -0.2) is 0 Å². The van der Waals surface area contributed by atoms with Crippen LogP contribution in [0.25, 0.3) is 0 Å². The topological polar surface area (TPSA) is 0 Å². The van der Waals surface area contributed by atoms with Gasteiger partial charge in [-0.15, -0.1) is 0 Å². The summed E-state index contributed by atoms with van der Waals surface area (Å²) in [5, 5.41) is 0. The molecule has 0 heterocycles. The Morgan fingerprint density at radius 2 is 1.50 bits per heavy atom. The summed E-state index contributed by atoms with van der Waals surface area (Å²) in [5.41, 5.74) is -3.04. The first-order valence-electron chi connectivity index (χ1n) is 4.13. The molecule has 0 aromatic heterocycles. The maximum absolute atomic E-state index is 12.4. The first kappa shape index (κ1) is 12.9. The van der Waals surface area contributed by atoms with E-state index in [1.807, 2.05) is 0 Å². The molecule has 0 unspecified atom stereocenters. The van der Waals surface area contributed by atoms with Gasteiger partial charge in [-0.2, -0.15) is 26.3 Å². The smallest absolute Gasteiger partial charge is 0.166 e. The standard InChI is InChI=1S/C9H5BF6/c10-4-5-1-2-6(8(11,12)13)3-7(5)9(14,15)16/h1-3H,4H2. The monoisotopic (exact) mass is 238 g/mol. The average Bonchev–Trinajstić information content (AvgIpc) is 2.14. The maximum Gasteiger partial charge on any atom is 0.416 e. The Morgan fingerprint density at radius 1 is 0.938 bits per heavy atom. The van der Waals surface area contributed by atoms with Gasteiger partial charge in [-0.1, -0.05) is 12.4 Å². The first-order chi connectivity index (χ1) is 7.16. The fourth-order valence-electron chi connectivity index (χ4n) is 1.19. The highest BCUT2D eigenvalue weighted by molar-refractivity contribution is 6.08. The Balaban J connectivity index is 3.34. The highest BCUT2D eigenvalue weighted by atomic mass is 19.4. The first-order valence-corrected chi connectivity index (χ1v) is 4.13. The fourth-order valence-corrected chi connectivity index (χ4v) is 1.19. The van der Waals surface area contributed by atoms with Crippen molar-refractivity contribution in [2.75, 3.05) is 0 Å². The van der Waals surface area contributed by atoms with Crippen LogP contribution in [-0.4, -0.2) is 7.85 Å². The van der Waals surface area contributed by atoms with E-state index >= 15 is 0 Å². The van der Waals surface area contributed by atoms with Crippen LogP contribution in [0.1, 0.15) is 16.7 Å². The molecule has 0 atom stereocenters. The third-order valence-electron chi connectivity index (χ3n) is 1.96. The van der Waals surface area contributed by atoms with Crippen LogP contribution in [0.4, 0.5) is 26.3 Å². The third kappa shape index (κ3) is 2.71. The van der Waals surface area contributed by atoms with Gasteiger partial charge in [0.05, 0.1) is 19.0 Å². The summed E-state index contributed by atoms with van der Waals surface area (Å²) < 4.78 is 73.7. The van der Waals surface area contributed by atoms with E-state index in [2.05, 4.69) is 0 Å². The van der Waals surface area contributed by atoms with Gasteiger partial charge in [0.1, 0.15) is 0 Å². The molecule has 0 saturated carbocycles. The molecule has 86 valence electrons. The van der Waals surface area contributed by atoms with Crippen LogP contribution in [0.2, 0.25) is 0 Å². The van der Waals surface area contributed by atoms with Crippen molar-refractivity contribution in [3.63, 3.8) is 0 Å². The zero-order valence-electron chi connectivity index (χ0n) is 7.78. The van der Waals surface area contributed by atoms with Gasteiger partial charge in [-0.05, 0) is 17.7 Å². The molecule has 0 fully saturated rings. The van der Waals surface area contributed by atoms with Crippen molar-refractivity contribution in [2.45, 2.75) is 18.7 Å². The number of halogens is 6. The quantitative estimate of drug-likeness (QED) is 0.519. The normalized spacial score (nSPS) is 12.9. The SMILES string of the molecule is [B]Cc1ccc(C(F)(F)F)cc1C(F)(F)F. The van der Waals surface area contributed by atoms with Crippen molar-refractivity contribution in [1.82, 2.24) is 0 Å². The second kappa shape index (κ2) is 4.03. The minimum Gasteiger partial charge on any atom is -0.166 e. The van der Waals surface area contributed by atoms with E-state index in [1.54, 1.807) is 0 Å². The molecule has 0 N–H and O–H groups in total. The number of rotatable bonds is 1. The molecular formula is C9H5BF6. The molecule has 0 aliphatic carbocycles. The largest absolute Gasteiger partial charge is 0.416 e. The second-order valence-corrected chi connectivity index (χ2v) is 3.07. The van der Waals surface area contributed by atoms with Crippen molar-refractivity contribution in [3.05, 3.63) is 34.9 Å². The molecule has 0 bridgehead atoms. The van der Waals surface area contributed by atoms with E-state index < -0.39 is 29.8 Å². The lowest BCUT2D eigenvalue weighted by atomic mass is 9.91. The summed E-state index contributed by atoms with van der Waals surface area (Å²) in [6.45, 7) is 0. The molecule has 1 aromatic carbocycles. The number of hydrogen-bond donors (Lipinski definition) is 0. The molecule has 0 spiro atoms. The van der Waals surface area contributed by atoms with Crippen LogP contribution < -0.4 is 0 Å². The van der Waals surface area contributed by atoms with Crippen molar-refractivity contribution in [1.29, 1.82) is 0 Å². The molecule has 16 heavy (non-hydrogen) atoms. The van der Waals surface area contributed by atoms with Gasteiger partial charge >= 0.3 is 12.4 Å². The summed E-state index contributed by atoms with van der Waals surface area (Å²) >= 11 is 0. The summed E-state index contributed by atoms with van der Waals surface area (Å²) in [5.74, 6) is 0. The zero-order valence-corrected chi connectivity index (χ0v) is 7.78. The van der Waals surface area contributed by atoms with Crippen LogP contribution in [0.15, 0.2) is 18.2 Å². The Bertz CT molecular complexity index is 379. The molecule has 0 amide bonds. The van der Waals surface area contributed by atoms with Crippen LogP contribution in [0.5, 0.6) is 0 Å². The third-order valence-corrected chi connectivity index (χ3v) is 1.96. The highest BCUT2D eigenvalue weighted by Gasteiger charge is 2.37. The summed E-state index contributed by atoms with van der Waals surface area (Å²) in [7, 11) is 5.03. The predicted molar refractivity (Wildman–Crippen MR) is 45.9 cm³/mol. The predicted octanol–water partition coefficient (Wildman–Crippen LogP) is 3.39. The van der Waals surface area contributed by atoms with Crippen molar-refractivity contribution < 1.29 is 26.3 Å². The van der Waals surface area contributed by atoms with E-state index in [1.165, 1.54) is 0 Å². The molecule has 7 heteroatoms. The second-order valence-electron chi connectivity index (χ2n) is 3.07. The Kier molecular flexibility index (Phi) is 3.26. The van der Waals surface area contributed by atoms with Gasteiger partial charge in [-0.3, -0.25) is 0 Å². The van der Waals surface area contributed by atoms with Crippen LogP contribution in [0.3, 0.4) is 0 Å². The van der Waals surface area contributed by atoms with Crippen molar-refractivity contribution in [2.24, 2.45) is 0 Å². The molecule has 0 aliphatic rings. The Hall–Kier alpha value is -1.14. The van der Waals surface area contributed by atoms with E-state index in [9.17, 15) is 26.3 Å². The molecule has 1 rings (SSSR count). The van der Waals surface area contributed by atoms with Crippen LogP contribution >= 0.6 is 0 Å². The molecule has 2 radical (unpaired) electrons. The van der Waals surface area contributed by atoms with Gasteiger partial charge < -0.3 is 0 Å². The highest BCUT2D eigenvalue weighted by Crippen LogP contribution is 2.37. The fraction of sp³-hybridized carbons (Fsp3) is 0.333. The Morgan fingerprint density at radius 3 is 1.88 bits per heavy atom. The lowest BCUT2D eigenvalue weighted by Gasteiger charge is -2.14. The minimum absolute atomic E-state index is 0.0716. The van der Waals surface area contributed by atoms with Crippen molar-refractivity contribution in [3.8, 4) is 0 Å². The number of hydrogen-bond acceptors (Lipinski definition) is 0. The summed E-state index contributed by atoms with van der Waals surface area (Å²) in [4.78, 5) is 0. The molecular weight excluding hydrogens is 233 g/mol. The van der Waals surface area contributed by atoms with Gasteiger partial charge in [0.25, 0.3) is 0 Å². The van der Waals surface area contributed by atoms with Gasteiger partial charge in [0.15, 0.2) is 0 Å². The molecule has 1 aromatic rings. The lowest BCUT2D eigenvalue weighted by Crippen LogP contribution is -2.13. The van der Waals surface area contributed by atoms with E-state index in [0.29, 0.717) is 6.07 Å². The molecule has 0 aliphatic heterocycles. The van der Waals surface area contributed by atoms with E-state index in [4.69, 9.17) is 7.85 Å². The van der Waals surface area contributed by atoms with Crippen LogP contribution in [0, 0.1) is 0 Å². The lowest BCUT2D eigenvalue weighted by molar-refractivity contribution is -0.143. The van der Waals surface area contributed by atoms with Crippen LogP contribution in [-0.2, 0) is 18.7 Å². The average molecular weight is 238 g/mol. The molecule has 0 nitrogen and oxygen atoms in total. The molecule has 0 saturated heterocycles. The zero-order chi connectivity index (χ0) is 12.6. The summed E-state index contributed by atoms with van der Waals surface area (Å²) in [6, 6.07) is 1.39. The van der Waals surface area contributed by atoms with Crippen molar-refractivity contribution >= 4 is 7.85 Å². The van der Waals surface area contributed by atoms with E-state index in [-0.39, 0.29) is 11.6 Å². The number of alkyl halides is 6. The van der Waals surface area contributed by atoms with Gasteiger partial charge in [0, 0.05) is 0 Å². The minimum atomic E-state index is -4.84. The number of benzene rings is 1. The Labute approximate surface area is 88.7 Å². The summed E-state index contributed by atoms with van der Waals surface area (Å²) in [6.07, 6.45) is -10.1. The van der Waals surface area contributed by atoms with Gasteiger partial charge in [0.2, 0.25) is 0 Å². The maximum atomic E-state index is 12.4. The van der Waals surface area contributed by atoms with E-state index in [0.717, 1.165) is 6.07 Å².